The molecule has 3 saturated heterocycles. The highest BCUT2D eigenvalue weighted by atomic mass is 32.1. The SMILES string of the molecule is Fc1ccc2[nH]ccc2c1-c1nc(N2CCOCC2)c2sc(CN3CCN4CCC[C@H]4C3)nc2n1. The van der Waals surface area contributed by atoms with Crippen LogP contribution >= 0.6 is 11.3 Å². The Morgan fingerprint density at radius 3 is 2.89 bits per heavy atom. The van der Waals surface area contributed by atoms with Crippen LogP contribution in [0.2, 0.25) is 0 Å². The average molecular weight is 494 g/mol. The molecule has 6 heterocycles. The lowest BCUT2D eigenvalue weighted by atomic mass is 10.1. The van der Waals surface area contributed by atoms with Gasteiger partial charge >= 0.3 is 0 Å². The number of fused-ring (bicyclic) bond motifs is 3. The van der Waals surface area contributed by atoms with Crippen molar-refractivity contribution in [3.8, 4) is 11.4 Å². The topological polar surface area (TPSA) is 73.4 Å². The van der Waals surface area contributed by atoms with E-state index in [-0.39, 0.29) is 5.82 Å². The number of hydrogen-bond donors (Lipinski definition) is 1. The Bertz CT molecular complexity index is 1380. The standard InChI is InChI=1S/C25H28FN7OS/c26-18-3-4-19-17(5-6-27-19)21(18)23-29-24-22(25(30-23)33-10-12-34-13-11-33)35-20(28-24)15-31-8-9-32-7-1-2-16(32)14-31/h3-6,16,27H,1-2,7-15H2/t16-/m0/s1. The van der Waals surface area contributed by atoms with Crippen LogP contribution in [0.4, 0.5) is 10.2 Å². The lowest BCUT2D eigenvalue weighted by molar-refractivity contribution is 0.0993. The van der Waals surface area contributed by atoms with E-state index in [0.717, 1.165) is 65.7 Å². The lowest BCUT2D eigenvalue weighted by Gasteiger charge is -2.37. The first-order valence-corrected chi connectivity index (χ1v) is 13.3. The number of H-pyrrole nitrogens is 1. The van der Waals surface area contributed by atoms with Gasteiger partial charge in [0.1, 0.15) is 15.5 Å². The average Bonchev–Trinajstić information content (AvgIpc) is 3.63. The van der Waals surface area contributed by atoms with Gasteiger partial charge in [-0.25, -0.2) is 19.3 Å². The zero-order valence-electron chi connectivity index (χ0n) is 19.5. The summed E-state index contributed by atoms with van der Waals surface area (Å²) in [6.07, 6.45) is 4.42. The molecule has 0 bridgehead atoms. The van der Waals surface area contributed by atoms with E-state index in [2.05, 4.69) is 19.7 Å². The molecule has 3 aliphatic rings. The van der Waals surface area contributed by atoms with E-state index in [1.807, 2.05) is 12.3 Å². The van der Waals surface area contributed by atoms with Crippen LogP contribution in [0.15, 0.2) is 24.4 Å². The Morgan fingerprint density at radius 1 is 1.06 bits per heavy atom. The highest BCUT2D eigenvalue weighted by Crippen LogP contribution is 2.36. The number of aromatic nitrogens is 4. The number of rotatable bonds is 4. The first-order chi connectivity index (χ1) is 17.2. The summed E-state index contributed by atoms with van der Waals surface area (Å²) >= 11 is 1.68. The van der Waals surface area contributed by atoms with Crippen molar-refractivity contribution in [1.29, 1.82) is 0 Å². The normalized spacial score (nSPS) is 21.9. The van der Waals surface area contributed by atoms with E-state index in [9.17, 15) is 0 Å². The zero-order chi connectivity index (χ0) is 23.4. The molecule has 35 heavy (non-hydrogen) atoms. The van der Waals surface area contributed by atoms with Crippen molar-refractivity contribution in [3.63, 3.8) is 0 Å². The van der Waals surface area contributed by atoms with Gasteiger partial charge < -0.3 is 14.6 Å². The number of halogens is 1. The van der Waals surface area contributed by atoms with Crippen LogP contribution in [0.3, 0.4) is 0 Å². The van der Waals surface area contributed by atoms with Crippen LogP contribution in [0.25, 0.3) is 32.6 Å². The molecule has 0 spiro atoms. The second kappa shape index (κ2) is 8.77. The number of aromatic amines is 1. The Kier molecular flexibility index (Phi) is 5.42. The van der Waals surface area contributed by atoms with Crippen molar-refractivity contribution >= 4 is 38.4 Å². The Hall–Kier alpha value is -2.66. The Balaban J connectivity index is 1.30. The van der Waals surface area contributed by atoms with Gasteiger partial charge in [0.15, 0.2) is 17.3 Å². The minimum Gasteiger partial charge on any atom is -0.378 e. The summed E-state index contributed by atoms with van der Waals surface area (Å²) in [4.78, 5) is 25.2. The number of nitrogens with one attached hydrogen (secondary N) is 1. The number of nitrogens with zero attached hydrogens (tertiary/aromatic N) is 6. The van der Waals surface area contributed by atoms with Crippen molar-refractivity contribution in [3.05, 3.63) is 35.2 Å². The molecule has 1 aromatic carbocycles. The van der Waals surface area contributed by atoms with Gasteiger partial charge in [-0.05, 0) is 37.6 Å². The third-order valence-electron chi connectivity index (χ3n) is 7.53. The van der Waals surface area contributed by atoms with Gasteiger partial charge in [-0.1, -0.05) is 0 Å². The van der Waals surface area contributed by atoms with E-state index in [0.29, 0.717) is 36.3 Å². The summed E-state index contributed by atoms with van der Waals surface area (Å²) in [6.45, 7) is 8.18. The number of thiazole rings is 1. The van der Waals surface area contributed by atoms with Crippen molar-refractivity contribution in [2.45, 2.75) is 25.4 Å². The van der Waals surface area contributed by atoms with Gasteiger partial charge in [-0.2, -0.15) is 0 Å². The molecule has 10 heteroatoms. The molecule has 0 unspecified atom stereocenters. The smallest absolute Gasteiger partial charge is 0.176 e. The number of piperazine rings is 1. The fourth-order valence-corrected chi connectivity index (χ4v) is 6.81. The van der Waals surface area contributed by atoms with E-state index in [1.54, 1.807) is 17.4 Å². The number of morpholine rings is 1. The molecular formula is C25H28FN7OS. The molecule has 7 rings (SSSR count). The van der Waals surface area contributed by atoms with Crippen LogP contribution in [0.1, 0.15) is 17.8 Å². The van der Waals surface area contributed by atoms with Gasteiger partial charge in [0.05, 0.1) is 25.3 Å². The molecule has 0 radical (unpaired) electrons. The van der Waals surface area contributed by atoms with E-state index < -0.39 is 0 Å². The Morgan fingerprint density at radius 2 is 1.97 bits per heavy atom. The summed E-state index contributed by atoms with van der Waals surface area (Å²) in [5, 5.41) is 1.83. The predicted octanol–water partition coefficient (Wildman–Crippen LogP) is 3.49. The zero-order valence-corrected chi connectivity index (χ0v) is 20.4. The summed E-state index contributed by atoms with van der Waals surface area (Å²) in [5.74, 6) is 0.900. The molecule has 4 aromatic rings. The number of anilines is 1. The van der Waals surface area contributed by atoms with Crippen LogP contribution in [0, 0.1) is 5.82 Å². The second-order valence-electron chi connectivity index (χ2n) is 9.66. The Labute approximate surface area is 206 Å². The second-order valence-corrected chi connectivity index (χ2v) is 10.7. The van der Waals surface area contributed by atoms with Crippen molar-refractivity contribution in [2.24, 2.45) is 0 Å². The van der Waals surface area contributed by atoms with Gasteiger partial charge in [0.2, 0.25) is 0 Å². The summed E-state index contributed by atoms with van der Waals surface area (Å²) in [5.41, 5.74) is 1.94. The van der Waals surface area contributed by atoms with Gasteiger partial charge in [-0.3, -0.25) is 9.80 Å². The minimum absolute atomic E-state index is 0.325. The minimum atomic E-state index is -0.325. The van der Waals surface area contributed by atoms with Crippen molar-refractivity contribution in [1.82, 2.24) is 29.7 Å². The molecule has 1 atom stereocenters. The van der Waals surface area contributed by atoms with Crippen LogP contribution in [0.5, 0.6) is 0 Å². The molecular weight excluding hydrogens is 465 g/mol. The maximum absolute atomic E-state index is 15.1. The maximum atomic E-state index is 15.1. The van der Waals surface area contributed by atoms with Crippen molar-refractivity contribution < 1.29 is 9.13 Å². The fraction of sp³-hybridized carbons (Fsp3) is 0.480. The monoisotopic (exact) mass is 493 g/mol. The van der Waals surface area contributed by atoms with E-state index in [1.165, 1.54) is 25.5 Å². The molecule has 1 N–H and O–H groups in total. The number of ether oxygens (including phenoxy) is 1. The van der Waals surface area contributed by atoms with Gasteiger partial charge in [0.25, 0.3) is 0 Å². The fourth-order valence-electron chi connectivity index (χ4n) is 5.75. The van der Waals surface area contributed by atoms with E-state index >= 15 is 4.39 Å². The largest absolute Gasteiger partial charge is 0.378 e. The highest BCUT2D eigenvalue weighted by molar-refractivity contribution is 7.19. The molecule has 8 nitrogen and oxygen atoms in total. The van der Waals surface area contributed by atoms with Crippen LogP contribution < -0.4 is 4.90 Å². The number of benzene rings is 1. The molecule has 0 aliphatic carbocycles. The summed E-state index contributed by atoms with van der Waals surface area (Å²) < 4.78 is 21.7. The number of hydrogen-bond acceptors (Lipinski definition) is 8. The van der Waals surface area contributed by atoms with Gasteiger partial charge in [-0.15, -0.1) is 11.3 Å². The molecule has 3 aliphatic heterocycles. The molecule has 0 saturated carbocycles. The summed E-state index contributed by atoms with van der Waals surface area (Å²) in [6, 6.07) is 5.79. The predicted molar refractivity (Wildman–Crippen MR) is 135 cm³/mol. The lowest BCUT2D eigenvalue weighted by Crippen LogP contribution is -2.49. The maximum Gasteiger partial charge on any atom is 0.176 e. The van der Waals surface area contributed by atoms with Crippen LogP contribution in [-0.4, -0.2) is 88.3 Å². The quantitative estimate of drug-likeness (QED) is 0.467. The first kappa shape index (κ1) is 21.6. The van der Waals surface area contributed by atoms with Crippen LogP contribution in [-0.2, 0) is 11.3 Å². The molecule has 3 aromatic heterocycles. The molecule has 3 fully saturated rings. The van der Waals surface area contributed by atoms with Crippen molar-refractivity contribution in [2.75, 3.05) is 57.4 Å². The van der Waals surface area contributed by atoms with E-state index in [4.69, 9.17) is 19.7 Å². The summed E-state index contributed by atoms with van der Waals surface area (Å²) in [7, 11) is 0. The third kappa shape index (κ3) is 3.88. The molecule has 182 valence electrons. The first-order valence-electron chi connectivity index (χ1n) is 12.5. The highest BCUT2D eigenvalue weighted by Gasteiger charge is 2.31. The van der Waals surface area contributed by atoms with Gasteiger partial charge in [0, 0.05) is 55.9 Å². The molecule has 0 amide bonds. The third-order valence-corrected chi connectivity index (χ3v) is 8.55.